The first-order valence-electron chi connectivity index (χ1n) is 10.8. The van der Waals surface area contributed by atoms with Crippen LogP contribution in [0.2, 0.25) is 0 Å². The Morgan fingerprint density at radius 2 is 1.47 bits per heavy atom. The minimum Gasteiger partial charge on any atom is -0.321 e. The van der Waals surface area contributed by atoms with Gasteiger partial charge in [0.15, 0.2) is 0 Å². The molecular weight excluding hydrogens is 430 g/mol. The summed E-state index contributed by atoms with van der Waals surface area (Å²) >= 11 is 0. The van der Waals surface area contributed by atoms with E-state index in [1.165, 1.54) is 30.3 Å². The molecule has 0 saturated carbocycles. The van der Waals surface area contributed by atoms with Crippen LogP contribution in [0.1, 0.15) is 47.8 Å². The highest BCUT2D eigenvalue weighted by Crippen LogP contribution is 2.22. The summed E-state index contributed by atoms with van der Waals surface area (Å²) in [5.41, 5.74) is 3.55. The van der Waals surface area contributed by atoms with Crippen molar-refractivity contribution < 1.29 is 14.5 Å². The predicted molar refractivity (Wildman–Crippen MR) is 133 cm³/mol. The molecule has 0 spiro atoms. The molecule has 0 atom stereocenters. The summed E-state index contributed by atoms with van der Waals surface area (Å²) < 4.78 is 0. The van der Waals surface area contributed by atoms with Gasteiger partial charge in [-0.05, 0) is 65.9 Å². The summed E-state index contributed by atoms with van der Waals surface area (Å²) in [6.45, 7) is 8.20. The number of amides is 2. The molecule has 2 N–H and O–H groups in total. The normalized spacial score (nSPS) is 11.6. The van der Waals surface area contributed by atoms with Crippen LogP contribution >= 0.6 is 0 Å². The van der Waals surface area contributed by atoms with Crippen molar-refractivity contribution in [3.8, 4) is 0 Å². The number of hydrogen-bond acceptors (Lipinski definition) is 4. The maximum Gasteiger partial charge on any atom is 0.272 e. The maximum atomic E-state index is 13.0. The van der Waals surface area contributed by atoms with Gasteiger partial charge in [0, 0.05) is 23.4 Å². The van der Waals surface area contributed by atoms with Crippen molar-refractivity contribution >= 4 is 29.3 Å². The second-order valence-corrected chi connectivity index (χ2v) is 9.01. The standard InChI is InChI=1S/C27H27N3O4/c1-18-5-13-22(14-6-18)28-26(32)24(17-19-7-15-23(16-8-19)30(33)34)29-25(31)20-9-11-21(12-10-20)27(2,3)4/h5-17H,1-4H3,(H,28,32)(H,29,31). The highest BCUT2D eigenvalue weighted by atomic mass is 16.6. The lowest BCUT2D eigenvalue weighted by atomic mass is 9.87. The maximum absolute atomic E-state index is 13.0. The summed E-state index contributed by atoms with van der Waals surface area (Å²) in [4.78, 5) is 36.4. The fourth-order valence-electron chi connectivity index (χ4n) is 3.17. The van der Waals surface area contributed by atoms with Crippen molar-refractivity contribution in [1.29, 1.82) is 0 Å². The number of carbonyl (C=O) groups excluding carboxylic acids is 2. The van der Waals surface area contributed by atoms with E-state index >= 15 is 0 Å². The number of anilines is 1. The second-order valence-electron chi connectivity index (χ2n) is 9.01. The molecule has 0 aliphatic carbocycles. The molecule has 3 aromatic carbocycles. The number of non-ortho nitro benzene ring substituents is 1. The Labute approximate surface area is 198 Å². The zero-order valence-corrected chi connectivity index (χ0v) is 19.6. The van der Waals surface area contributed by atoms with Gasteiger partial charge in [0.2, 0.25) is 0 Å². The molecule has 3 aromatic rings. The monoisotopic (exact) mass is 457 g/mol. The molecule has 3 rings (SSSR count). The van der Waals surface area contributed by atoms with Gasteiger partial charge in [-0.2, -0.15) is 0 Å². The average molecular weight is 458 g/mol. The van der Waals surface area contributed by atoms with Crippen LogP contribution in [-0.4, -0.2) is 16.7 Å². The number of carbonyl (C=O) groups is 2. The zero-order valence-electron chi connectivity index (χ0n) is 19.6. The van der Waals surface area contributed by atoms with Crippen molar-refractivity contribution in [3.05, 3.63) is 111 Å². The summed E-state index contributed by atoms with van der Waals surface area (Å²) in [6, 6.07) is 20.2. The van der Waals surface area contributed by atoms with Crippen LogP contribution in [0.25, 0.3) is 6.08 Å². The molecule has 0 radical (unpaired) electrons. The second kappa shape index (κ2) is 10.1. The first kappa shape index (κ1) is 24.4. The highest BCUT2D eigenvalue weighted by Gasteiger charge is 2.17. The van der Waals surface area contributed by atoms with Gasteiger partial charge in [0.25, 0.3) is 17.5 Å². The number of rotatable bonds is 6. The number of aryl methyl sites for hydroxylation is 1. The number of nitro groups is 1. The molecule has 7 heteroatoms. The quantitative estimate of drug-likeness (QED) is 0.285. The van der Waals surface area contributed by atoms with Crippen LogP contribution in [0.5, 0.6) is 0 Å². The number of nitro benzene ring substituents is 1. The third-order valence-corrected chi connectivity index (χ3v) is 5.23. The van der Waals surface area contributed by atoms with E-state index in [1.807, 2.05) is 31.2 Å². The van der Waals surface area contributed by atoms with Crippen LogP contribution in [0.15, 0.2) is 78.5 Å². The van der Waals surface area contributed by atoms with E-state index < -0.39 is 16.7 Å². The lowest BCUT2D eigenvalue weighted by Gasteiger charge is -2.19. The molecule has 0 aliphatic heterocycles. The number of nitrogens with one attached hydrogen (secondary N) is 2. The van der Waals surface area contributed by atoms with Crippen LogP contribution < -0.4 is 10.6 Å². The molecule has 0 fully saturated rings. The van der Waals surface area contributed by atoms with E-state index in [0.29, 0.717) is 16.8 Å². The molecule has 0 saturated heterocycles. The Hall–Kier alpha value is -4.26. The summed E-state index contributed by atoms with van der Waals surface area (Å²) in [6.07, 6.45) is 1.48. The molecule has 0 heterocycles. The van der Waals surface area contributed by atoms with Gasteiger partial charge in [-0.3, -0.25) is 19.7 Å². The third-order valence-electron chi connectivity index (χ3n) is 5.23. The number of nitrogens with zero attached hydrogens (tertiary/aromatic N) is 1. The predicted octanol–water partition coefficient (Wildman–Crippen LogP) is 5.61. The average Bonchev–Trinajstić information content (AvgIpc) is 2.80. The van der Waals surface area contributed by atoms with Gasteiger partial charge in [-0.1, -0.05) is 50.6 Å². The summed E-state index contributed by atoms with van der Waals surface area (Å²) in [7, 11) is 0. The van der Waals surface area contributed by atoms with Gasteiger partial charge < -0.3 is 10.6 Å². The Morgan fingerprint density at radius 1 is 0.882 bits per heavy atom. The van der Waals surface area contributed by atoms with Gasteiger partial charge in [0.05, 0.1) is 4.92 Å². The zero-order chi connectivity index (χ0) is 24.9. The smallest absolute Gasteiger partial charge is 0.272 e. The van der Waals surface area contributed by atoms with E-state index in [-0.39, 0.29) is 16.8 Å². The summed E-state index contributed by atoms with van der Waals surface area (Å²) in [5.74, 6) is -0.949. The van der Waals surface area contributed by atoms with E-state index in [9.17, 15) is 19.7 Å². The fraction of sp³-hybridized carbons (Fsp3) is 0.185. The minimum absolute atomic E-state index is 0.0133. The Bertz CT molecular complexity index is 1220. The van der Waals surface area contributed by atoms with E-state index in [1.54, 1.807) is 24.3 Å². The molecule has 0 unspecified atom stereocenters. The molecule has 2 amide bonds. The Kier molecular flexibility index (Phi) is 7.26. The molecular formula is C27H27N3O4. The Balaban J connectivity index is 1.88. The minimum atomic E-state index is -0.512. The SMILES string of the molecule is Cc1ccc(NC(=O)C(=Cc2ccc([N+](=O)[O-])cc2)NC(=O)c2ccc(C(C)(C)C)cc2)cc1. The summed E-state index contributed by atoms with van der Waals surface area (Å²) in [5, 5.41) is 16.4. The first-order valence-corrected chi connectivity index (χ1v) is 10.8. The van der Waals surface area contributed by atoms with Crippen molar-refractivity contribution in [1.82, 2.24) is 5.32 Å². The van der Waals surface area contributed by atoms with Gasteiger partial charge in [-0.25, -0.2) is 0 Å². The van der Waals surface area contributed by atoms with Crippen LogP contribution in [-0.2, 0) is 10.2 Å². The van der Waals surface area contributed by atoms with Crippen LogP contribution in [0.4, 0.5) is 11.4 Å². The topological polar surface area (TPSA) is 101 Å². The van der Waals surface area contributed by atoms with Crippen LogP contribution in [0.3, 0.4) is 0 Å². The molecule has 7 nitrogen and oxygen atoms in total. The number of benzene rings is 3. The molecule has 0 aromatic heterocycles. The van der Waals surface area contributed by atoms with Crippen molar-refractivity contribution in [3.63, 3.8) is 0 Å². The van der Waals surface area contributed by atoms with E-state index in [4.69, 9.17) is 0 Å². The van der Waals surface area contributed by atoms with E-state index in [2.05, 4.69) is 31.4 Å². The molecule has 34 heavy (non-hydrogen) atoms. The molecule has 0 aliphatic rings. The van der Waals surface area contributed by atoms with Crippen LogP contribution in [0, 0.1) is 17.0 Å². The Morgan fingerprint density at radius 3 is 2.00 bits per heavy atom. The first-order chi connectivity index (χ1) is 16.0. The van der Waals surface area contributed by atoms with Crippen molar-refractivity contribution in [2.24, 2.45) is 0 Å². The number of hydrogen-bond donors (Lipinski definition) is 2. The van der Waals surface area contributed by atoms with Gasteiger partial charge >= 0.3 is 0 Å². The van der Waals surface area contributed by atoms with Crippen molar-refractivity contribution in [2.45, 2.75) is 33.1 Å². The molecule has 174 valence electrons. The molecule has 0 bridgehead atoms. The fourth-order valence-corrected chi connectivity index (χ4v) is 3.17. The third kappa shape index (κ3) is 6.38. The lowest BCUT2D eigenvalue weighted by molar-refractivity contribution is -0.384. The van der Waals surface area contributed by atoms with Gasteiger partial charge in [0.1, 0.15) is 5.70 Å². The lowest BCUT2D eigenvalue weighted by Crippen LogP contribution is -2.30. The van der Waals surface area contributed by atoms with E-state index in [0.717, 1.165) is 11.1 Å². The largest absolute Gasteiger partial charge is 0.321 e. The van der Waals surface area contributed by atoms with Crippen molar-refractivity contribution in [2.75, 3.05) is 5.32 Å². The van der Waals surface area contributed by atoms with Gasteiger partial charge in [-0.15, -0.1) is 0 Å². The highest BCUT2D eigenvalue weighted by molar-refractivity contribution is 6.10.